The molecule has 1 fully saturated rings. The lowest BCUT2D eigenvalue weighted by molar-refractivity contribution is 0.134. The highest BCUT2D eigenvalue weighted by Gasteiger charge is 2.20. The SMILES string of the molecule is Cc1ccc(OC2CCC(C)CC2)c(CN)c1. The first-order chi connectivity index (χ1) is 8.19. The van der Waals surface area contributed by atoms with E-state index >= 15 is 0 Å². The van der Waals surface area contributed by atoms with Crippen LogP contribution in [0.2, 0.25) is 0 Å². The van der Waals surface area contributed by atoms with Crippen LogP contribution in [-0.2, 0) is 6.54 Å². The summed E-state index contributed by atoms with van der Waals surface area (Å²) in [6, 6.07) is 6.29. The fourth-order valence-electron chi connectivity index (χ4n) is 2.51. The van der Waals surface area contributed by atoms with Crippen LogP contribution in [0.1, 0.15) is 43.7 Å². The predicted octanol–water partition coefficient (Wildman–Crippen LogP) is 3.41. The number of benzene rings is 1. The number of ether oxygens (including phenoxy) is 1. The van der Waals surface area contributed by atoms with E-state index in [9.17, 15) is 0 Å². The van der Waals surface area contributed by atoms with Crippen LogP contribution in [0.4, 0.5) is 0 Å². The van der Waals surface area contributed by atoms with E-state index in [4.69, 9.17) is 10.5 Å². The normalized spacial score (nSPS) is 24.6. The van der Waals surface area contributed by atoms with Gasteiger partial charge < -0.3 is 10.5 Å². The molecule has 2 nitrogen and oxygen atoms in total. The topological polar surface area (TPSA) is 35.2 Å². The van der Waals surface area contributed by atoms with E-state index in [1.165, 1.54) is 31.2 Å². The van der Waals surface area contributed by atoms with Crippen molar-refractivity contribution < 1.29 is 4.74 Å². The summed E-state index contributed by atoms with van der Waals surface area (Å²) < 4.78 is 6.10. The lowest BCUT2D eigenvalue weighted by Crippen LogP contribution is -2.23. The molecule has 0 heterocycles. The van der Waals surface area contributed by atoms with E-state index in [-0.39, 0.29) is 0 Å². The molecule has 94 valence electrons. The Morgan fingerprint density at radius 2 is 1.94 bits per heavy atom. The van der Waals surface area contributed by atoms with E-state index in [2.05, 4.69) is 32.0 Å². The molecule has 0 amide bonds. The predicted molar refractivity (Wildman–Crippen MR) is 71.1 cm³/mol. The molecule has 1 saturated carbocycles. The number of rotatable bonds is 3. The lowest BCUT2D eigenvalue weighted by Gasteiger charge is -2.27. The third kappa shape index (κ3) is 3.22. The van der Waals surface area contributed by atoms with Gasteiger partial charge in [-0.1, -0.05) is 24.6 Å². The van der Waals surface area contributed by atoms with E-state index in [1.807, 2.05) is 0 Å². The Bertz CT molecular complexity index is 367. The number of nitrogens with two attached hydrogens (primary N) is 1. The van der Waals surface area contributed by atoms with Crippen molar-refractivity contribution in [3.63, 3.8) is 0 Å². The van der Waals surface area contributed by atoms with Gasteiger partial charge in [-0.05, 0) is 44.6 Å². The number of hydrogen-bond acceptors (Lipinski definition) is 2. The van der Waals surface area contributed by atoms with Gasteiger partial charge in [-0.3, -0.25) is 0 Å². The highest BCUT2D eigenvalue weighted by Crippen LogP contribution is 2.29. The van der Waals surface area contributed by atoms with Crippen LogP contribution in [0.25, 0.3) is 0 Å². The van der Waals surface area contributed by atoms with Gasteiger partial charge in [-0.25, -0.2) is 0 Å². The molecule has 0 bridgehead atoms. The second-order valence-corrected chi connectivity index (χ2v) is 5.32. The minimum absolute atomic E-state index is 0.388. The molecule has 2 N–H and O–H groups in total. The first kappa shape index (κ1) is 12.4. The first-order valence-electron chi connectivity index (χ1n) is 6.65. The maximum atomic E-state index is 6.10. The molecule has 0 radical (unpaired) electrons. The molecule has 1 aliphatic carbocycles. The fourth-order valence-corrected chi connectivity index (χ4v) is 2.51. The summed E-state index contributed by atoms with van der Waals surface area (Å²) in [5.74, 6) is 1.85. The second-order valence-electron chi connectivity index (χ2n) is 5.32. The summed E-state index contributed by atoms with van der Waals surface area (Å²) in [5.41, 5.74) is 8.14. The van der Waals surface area contributed by atoms with Gasteiger partial charge in [0.1, 0.15) is 5.75 Å². The van der Waals surface area contributed by atoms with Crippen LogP contribution in [0, 0.1) is 12.8 Å². The van der Waals surface area contributed by atoms with Crippen molar-refractivity contribution in [3.05, 3.63) is 29.3 Å². The monoisotopic (exact) mass is 233 g/mol. The van der Waals surface area contributed by atoms with Gasteiger partial charge in [0.05, 0.1) is 6.10 Å². The Kier molecular flexibility index (Phi) is 4.06. The molecule has 0 unspecified atom stereocenters. The van der Waals surface area contributed by atoms with Gasteiger partial charge in [0.2, 0.25) is 0 Å². The molecule has 0 aromatic heterocycles. The van der Waals surface area contributed by atoms with Crippen LogP contribution in [0.5, 0.6) is 5.75 Å². The highest BCUT2D eigenvalue weighted by atomic mass is 16.5. The van der Waals surface area contributed by atoms with Crippen molar-refractivity contribution in [3.8, 4) is 5.75 Å². The van der Waals surface area contributed by atoms with Crippen molar-refractivity contribution in [1.29, 1.82) is 0 Å². The van der Waals surface area contributed by atoms with E-state index in [0.717, 1.165) is 17.2 Å². The van der Waals surface area contributed by atoms with Crippen LogP contribution < -0.4 is 10.5 Å². The van der Waals surface area contributed by atoms with Crippen LogP contribution in [0.3, 0.4) is 0 Å². The lowest BCUT2D eigenvalue weighted by atomic mass is 9.89. The van der Waals surface area contributed by atoms with Crippen LogP contribution in [0.15, 0.2) is 18.2 Å². The molecule has 0 aliphatic heterocycles. The van der Waals surface area contributed by atoms with Crippen molar-refractivity contribution in [2.45, 2.75) is 52.2 Å². The molecule has 1 aromatic rings. The minimum atomic E-state index is 0.388. The van der Waals surface area contributed by atoms with Crippen molar-refractivity contribution >= 4 is 0 Å². The Labute approximate surface area is 104 Å². The van der Waals surface area contributed by atoms with Gasteiger partial charge in [-0.2, -0.15) is 0 Å². The van der Waals surface area contributed by atoms with Gasteiger partial charge in [0.25, 0.3) is 0 Å². The van der Waals surface area contributed by atoms with Crippen LogP contribution in [-0.4, -0.2) is 6.10 Å². The smallest absolute Gasteiger partial charge is 0.124 e. The van der Waals surface area contributed by atoms with Crippen molar-refractivity contribution in [2.75, 3.05) is 0 Å². The summed E-state index contributed by atoms with van der Waals surface area (Å²) in [6.45, 7) is 4.97. The zero-order valence-electron chi connectivity index (χ0n) is 10.9. The molecule has 0 saturated heterocycles. The summed E-state index contributed by atoms with van der Waals surface area (Å²) in [4.78, 5) is 0. The number of hydrogen-bond donors (Lipinski definition) is 1. The average Bonchev–Trinajstić information content (AvgIpc) is 2.34. The minimum Gasteiger partial charge on any atom is -0.490 e. The maximum Gasteiger partial charge on any atom is 0.124 e. The van der Waals surface area contributed by atoms with E-state index < -0.39 is 0 Å². The van der Waals surface area contributed by atoms with E-state index in [1.54, 1.807) is 0 Å². The zero-order valence-corrected chi connectivity index (χ0v) is 10.9. The third-order valence-corrected chi connectivity index (χ3v) is 3.69. The summed E-state index contributed by atoms with van der Waals surface area (Å²) in [5, 5.41) is 0. The van der Waals surface area contributed by atoms with Gasteiger partial charge >= 0.3 is 0 Å². The third-order valence-electron chi connectivity index (χ3n) is 3.69. The Morgan fingerprint density at radius 1 is 1.24 bits per heavy atom. The Morgan fingerprint density at radius 3 is 2.59 bits per heavy atom. The molecule has 0 spiro atoms. The summed E-state index contributed by atoms with van der Waals surface area (Å²) in [6.07, 6.45) is 5.32. The quantitative estimate of drug-likeness (QED) is 0.868. The average molecular weight is 233 g/mol. The Hall–Kier alpha value is -1.02. The molecule has 1 aliphatic rings. The van der Waals surface area contributed by atoms with Gasteiger partial charge in [0.15, 0.2) is 0 Å². The summed E-state index contributed by atoms with van der Waals surface area (Å²) in [7, 11) is 0. The molecular weight excluding hydrogens is 210 g/mol. The zero-order chi connectivity index (χ0) is 12.3. The molecule has 0 atom stereocenters. The Balaban J connectivity index is 2.03. The van der Waals surface area contributed by atoms with Gasteiger partial charge in [0, 0.05) is 12.1 Å². The standard InChI is InChI=1S/C15H23NO/c1-11-3-6-14(7-4-11)17-15-8-5-12(2)9-13(15)10-16/h5,8-9,11,14H,3-4,6-7,10,16H2,1-2H3. The summed E-state index contributed by atoms with van der Waals surface area (Å²) >= 11 is 0. The molecular formula is C15H23NO. The van der Waals surface area contributed by atoms with Crippen molar-refractivity contribution in [2.24, 2.45) is 11.7 Å². The maximum absolute atomic E-state index is 6.10. The largest absolute Gasteiger partial charge is 0.490 e. The molecule has 1 aromatic carbocycles. The van der Waals surface area contributed by atoms with Crippen molar-refractivity contribution in [1.82, 2.24) is 0 Å². The molecule has 2 heteroatoms. The number of aryl methyl sites for hydroxylation is 1. The van der Waals surface area contributed by atoms with Crippen LogP contribution >= 0.6 is 0 Å². The van der Waals surface area contributed by atoms with E-state index in [0.29, 0.717) is 12.6 Å². The second kappa shape index (κ2) is 5.54. The highest BCUT2D eigenvalue weighted by molar-refractivity contribution is 5.36. The molecule has 17 heavy (non-hydrogen) atoms. The molecule has 2 rings (SSSR count). The van der Waals surface area contributed by atoms with Gasteiger partial charge in [-0.15, -0.1) is 0 Å². The fraction of sp³-hybridized carbons (Fsp3) is 0.600. The first-order valence-corrected chi connectivity index (χ1v) is 6.65.